The number of primary amides is 1. The van der Waals surface area contributed by atoms with Crippen molar-refractivity contribution in [2.24, 2.45) is 22.2 Å². The zero-order valence-electron chi connectivity index (χ0n) is 31.3. The minimum absolute atomic E-state index is 0.0450. The van der Waals surface area contributed by atoms with E-state index in [4.69, 9.17) is 17.2 Å². The van der Waals surface area contributed by atoms with Crippen LogP contribution in [-0.2, 0) is 25.6 Å². The molecule has 1 aliphatic rings. The number of nitrogens with two attached hydrogens (primary N) is 3. The smallest absolute Gasteiger partial charge is 0.347 e. The second-order valence-corrected chi connectivity index (χ2v) is 13.8. The predicted molar refractivity (Wildman–Crippen MR) is 214 cm³/mol. The second kappa shape index (κ2) is 19.7. The van der Waals surface area contributed by atoms with Crippen LogP contribution in [0.15, 0.2) is 90.1 Å². The predicted octanol–water partition coefficient (Wildman–Crippen LogP) is 2.83. The molecule has 1 saturated carbocycles. The highest BCUT2D eigenvalue weighted by molar-refractivity contribution is 6.03. The fraction of sp³-hybridized carbons (Fsp3) is 0.350. The number of nitrogens with one attached hydrogen (secondary N) is 3. The number of nitrogens with zero attached hydrogens (tertiary/aromatic N) is 5. The molecule has 294 valence electrons. The van der Waals surface area contributed by atoms with Gasteiger partial charge in [0.25, 0.3) is 0 Å². The molecule has 0 radical (unpaired) electrons. The lowest BCUT2D eigenvalue weighted by atomic mass is 9.93. The summed E-state index contributed by atoms with van der Waals surface area (Å²) in [5, 5.41) is 18.1. The van der Waals surface area contributed by atoms with Gasteiger partial charge in [0.05, 0.1) is 6.20 Å². The molecule has 5 rings (SSSR count). The maximum Gasteiger partial charge on any atom is 0.347 e. The molecule has 1 fully saturated rings. The number of amides is 5. The Morgan fingerprint density at radius 3 is 2.32 bits per heavy atom. The zero-order valence-corrected chi connectivity index (χ0v) is 31.3. The van der Waals surface area contributed by atoms with Gasteiger partial charge >= 0.3 is 6.03 Å². The van der Waals surface area contributed by atoms with Crippen molar-refractivity contribution in [3.63, 3.8) is 0 Å². The summed E-state index contributed by atoms with van der Waals surface area (Å²) in [5.41, 5.74) is 18.3. The van der Waals surface area contributed by atoms with E-state index in [2.05, 4.69) is 31.3 Å². The van der Waals surface area contributed by atoms with Crippen molar-refractivity contribution in [2.75, 3.05) is 11.9 Å². The SMILES string of the molecule is C[C@@H](C(=O)N[C@@H](CCCN=C(N)N)C(=O)N[C@@H](Cc1ccccc1)C(N)=O)N(C(=O)n1cc(NC(=O)C=Cc2cccc3ccccc23)nn1)C1CCCCC1. The van der Waals surface area contributed by atoms with Crippen LogP contribution in [0.3, 0.4) is 0 Å². The quantitative estimate of drug-likeness (QED) is 0.0425. The van der Waals surface area contributed by atoms with Gasteiger partial charge in [-0.25, -0.2) is 4.79 Å². The monoisotopic (exact) mass is 763 g/mol. The Morgan fingerprint density at radius 1 is 0.893 bits per heavy atom. The third kappa shape index (κ3) is 11.2. The summed E-state index contributed by atoms with van der Waals surface area (Å²) in [7, 11) is 0. The van der Waals surface area contributed by atoms with E-state index in [1.165, 1.54) is 17.2 Å². The van der Waals surface area contributed by atoms with Crippen molar-refractivity contribution in [2.45, 2.75) is 82.5 Å². The van der Waals surface area contributed by atoms with Crippen LogP contribution in [0.5, 0.6) is 0 Å². The fourth-order valence-corrected chi connectivity index (χ4v) is 6.80. The molecule has 0 spiro atoms. The first kappa shape index (κ1) is 40.6. The van der Waals surface area contributed by atoms with Crippen molar-refractivity contribution in [3.8, 4) is 0 Å². The largest absolute Gasteiger partial charge is 0.370 e. The van der Waals surface area contributed by atoms with Crippen LogP contribution in [0.25, 0.3) is 16.8 Å². The standard InChI is InChI=1S/C40H49N11O5/c1-26(37(54)45-32(20-11-23-44-39(42)43)38(55)46-33(36(41)53)24-27-12-4-2-5-13-27)51(30-17-6-3-7-18-30)40(56)50-25-34(48-49-50)47-35(52)22-21-29-16-10-15-28-14-8-9-19-31(28)29/h2,4-5,8-10,12-16,19,21-22,25-26,30,32-33H,3,6-7,11,17-18,20,23-24H2,1H3,(H2,41,53)(H,45,54)(H,46,55)(H,47,52)(H4,42,43,44)/t26-,32-,33-/m0/s1. The minimum Gasteiger partial charge on any atom is -0.370 e. The van der Waals surface area contributed by atoms with E-state index in [0.29, 0.717) is 19.3 Å². The second-order valence-electron chi connectivity index (χ2n) is 13.8. The topological polar surface area (TPSA) is 246 Å². The Balaban J connectivity index is 1.30. The minimum atomic E-state index is -1.12. The van der Waals surface area contributed by atoms with E-state index in [1.807, 2.05) is 72.8 Å². The number of anilines is 1. The van der Waals surface area contributed by atoms with Crippen LogP contribution >= 0.6 is 0 Å². The number of carbonyl (C=O) groups is 5. The van der Waals surface area contributed by atoms with Gasteiger partial charge in [-0.1, -0.05) is 97.3 Å². The van der Waals surface area contributed by atoms with Crippen LogP contribution in [0.4, 0.5) is 10.6 Å². The first-order valence-corrected chi connectivity index (χ1v) is 18.7. The molecule has 3 atom stereocenters. The van der Waals surface area contributed by atoms with E-state index >= 15 is 0 Å². The van der Waals surface area contributed by atoms with Gasteiger partial charge in [0.15, 0.2) is 11.8 Å². The molecule has 0 saturated heterocycles. The number of guanidine groups is 1. The van der Waals surface area contributed by atoms with Crippen LogP contribution in [0, 0.1) is 0 Å². The summed E-state index contributed by atoms with van der Waals surface area (Å²) in [4.78, 5) is 72.5. The molecule has 5 amide bonds. The van der Waals surface area contributed by atoms with Crippen molar-refractivity contribution >= 4 is 58.3 Å². The number of benzene rings is 3. The molecule has 1 heterocycles. The highest BCUT2D eigenvalue weighted by atomic mass is 16.2. The summed E-state index contributed by atoms with van der Waals surface area (Å²) < 4.78 is 0.989. The number of aromatic nitrogens is 3. The van der Waals surface area contributed by atoms with Crippen molar-refractivity contribution < 1.29 is 24.0 Å². The zero-order chi connectivity index (χ0) is 40.0. The summed E-state index contributed by atoms with van der Waals surface area (Å²) in [6.45, 7) is 1.77. The molecule has 3 aromatic carbocycles. The van der Waals surface area contributed by atoms with Crippen molar-refractivity contribution in [3.05, 3.63) is 96.2 Å². The molecule has 56 heavy (non-hydrogen) atoms. The van der Waals surface area contributed by atoms with Gasteiger partial charge in [0, 0.05) is 25.1 Å². The Hall–Kier alpha value is -6.58. The average molecular weight is 764 g/mol. The lowest BCUT2D eigenvalue weighted by molar-refractivity contribution is -0.133. The molecule has 1 aromatic heterocycles. The van der Waals surface area contributed by atoms with E-state index in [1.54, 1.807) is 13.0 Å². The van der Waals surface area contributed by atoms with Crippen LogP contribution in [0.2, 0.25) is 0 Å². The maximum atomic E-state index is 14.1. The van der Waals surface area contributed by atoms with E-state index < -0.39 is 47.8 Å². The highest BCUT2D eigenvalue weighted by Crippen LogP contribution is 2.26. The molecule has 9 N–H and O–H groups in total. The molecule has 4 aromatic rings. The van der Waals surface area contributed by atoms with Gasteiger partial charge in [-0.3, -0.25) is 24.2 Å². The molecule has 0 unspecified atom stereocenters. The van der Waals surface area contributed by atoms with Gasteiger partial charge < -0.3 is 38.1 Å². The Kier molecular flexibility index (Phi) is 14.3. The summed E-state index contributed by atoms with van der Waals surface area (Å²) in [6.07, 6.45) is 8.98. The van der Waals surface area contributed by atoms with Crippen molar-refractivity contribution in [1.82, 2.24) is 30.5 Å². The third-order valence-corrected chi connectivity index (χ3v) is 9.68. The lowest BCUT2D eigenvalue weighted by Gasteiger charge is -2.37. The average Bonchev–Trinajstić information content (AvgIpc) is 3.66. The number of rotatable bonds is 16. The van der Waals surface area contributed by atoms with Gasteiger partial charge in [0.2, 0.25) is 23.6 Å². The first-order valence-electron chi connectivity index (χ1n) is 18.7. The van der Waals surface area contributed by atoms with E-state index in [-0.39, 0.29) is 37.2 Å². The van der Waals surface area contributed by atoms with Gasteiger partial charge in [0.1, 0.15) is 18.1 Å². The molecule has 0 aliphatic heterocycles. The van der Waals surface area contributed by atoms with Crippen LogP contribution in [-0.4, -0.2) is 86.2 Å². The molecular formula is C40H49N11O5. The van der Waals surface area contributed by atoms with Crippen molar-refractivity contribution in [1.29, 1.82) is 0 Å². The number of hydrogen-bond acceptors (Lipinski definition) is 8. The maximum absolute atomic E-state index is 14.1. The molecule has 16 heteroatoms. The van der Waals surface area contributed by atoms with Gasteiger partial charge in [-0.2, -0.15) is 4.68 Å². The Labute approximate surface area is 324 Å². The number of aliphatic imine (C=N–C) groups is 1. The third-order valence-electron chi connectivity index (χ3n) is 9.68. The number of hydrogen-bond donors (Lipinski definition) is 6. The summed E-state index contributed by atoms with van der Waals surface area (Å²) in [6, 6.07) is 18.6. The fourth-order valence-electron chi connectivity index (χ4n) is 6.80. The molecular weight excluding hydrogens is 715 g/mol. The lowest BCUT2D eigenvalue weighted by Crippen LogP contribution is -2.58. The molecule has 16 nitrogen and oxygen atoms in total. The Bertz CT molecular complexity index is 2050. The summed E-state index contributed by atoms with van der Waals surface area (Å²) in [5.74, 6) is -2.51. The van der Waals surface area contributed by atoms with E-state index in [0.717, 1.165) is 45.8 Å². The number of carbonyl (C=O) groups excluding carboxylic acids is 5. The van der Waals surface area contributed by atoms with Crippen LogP contribution < -0.4 is 33.2 Å². The van der Waals surface area contributed by atoms with Crippen LogP contribution in [0.1, 0.15) is 63.0 Å². The summed E-state index contributed by atoms with van der Waals surface area (Å²) >= 11 is 0. The van der Waals surface area contributed by atoms with E-state index in [9.17, 15) is 24.0 Å². The van der Waals surface area contributed by atoms with Gasteiger partial charge in [-0.15, -0.1) is 5.10 Å². The van der Waals surface area contributed by atoms with Gasteiger partial charge in [-0.05, 0) is 60.6 Å². The Morgan fingerprint density at radius 2 is 1.59 bits per heavy atom. The normalized spacial score (nSPS) is 14.7. The number of fused-ring (bicyclic) bond motifs is 1. The highest BCUT2D eigenvalue weighted by Gasteiger charge is 2.36. The first-order chi connectivity index (χ1) is 27.0. The molecule has 1 aliphatic carbocycles. The molecule has 0 bridgehead atoms.